The summed E-state index contributed by atoms with van der Waals surface area (Å²) < 4.78 is 0. The Labute approximate surface area is 162 Å². The summed E-state index contributed by atoms with van der Waals surface area (Å²) >= 11 is 0. The van der Waals surface area contributed by atoms with Crippen LogP contribution in [0.3, 0.4) is 0 Å². The van der Waals surface area contributed by atoms with Gasteiger partial charge in [0.1, 0.15) is 0 Å². The number of hydrogen-bond acceptors (Lipinski definition) is 3. The lowest BCUT2D eigenvalue weighted by molar-refractivity contribution is 0.244. The van der Waals surface area contributed by atoms with E-state index in [2.05, 4.69) is 59.3 Å². The summed E-state index contributed by atoms with van der Waals surface area (Å²) in [5.41, 5.74) is 7.91. The summed E-state index contributed by atoms with van der Waals surface area (Å²) in [7, 11) is 0. The maximum Gasteiger partial charge on any atom is 0.0585 e. The number of nitrogens with zero attached hydrogens (tertiary/aromatic N) is 3. The van der Waals surface area contributed by atoms with Crippen LogP contribution in [0.4, 0.5) is 0 Å². The summed E-state index contributed by atoms with van der Waals surface area (Å²) in [5.74, 6) is 0. The summed E-state index contributed by atoms with van der Waals surface area (Å²) in [6, 6.07) is 17.1. The highest BCUT2D eigenvalue weighted by Gasteiger charge is 2.22. The minimum Gasteiger partial charge on any atom is -0.292 e. The monoisotopic (exact) mass is 357 g/mol. The average molecular weight is 358 g/mol. The van der Waals surface area contributed by atoms with Crippen LogP contribution in [0.25, 0.3) is 11.1 Å². The molecule has 0 saturated carbocycles. The predicted molar refractivity (Wildman–Crippen MR) is 110 cm³/mol. The van der Waals surface area contributed by atoms with Crippen molar-refractivity contribution >= 4 is 0 Å². The van der Waals surface area contributed by atoms with Crippen LogP contribution in [-0.4, -0.2) is 21.4 Å². The van der Waals surface area contributed by atoms with Gasteiger partial charge in [0.2, 0.25) is 0 Å². The molecule has 3 heteroatoms. The van der Waals surface area contributed by atoms with E-state index < -0.39 is 0 Å². The summed E-state index contributed by atoms with van der Waals surface area (Å²) in [6.07, 6.45) is 8.59. The lowest BCUT2D eigenvalue weighted by atomic mass is 10.1. The van der Waals surface area contributed by atoms with Gasteiger partial charge in [-0.25, -0.2) is 0 Å². The third-order valence-corrected chi connectivity index (χ3v) is 5.38. The molecule has 1 aromatic carbocycles. The second-order valence-corrected chi connectivity index (χ2v) is 7.36. The highest BCUT2D eigenvalue weighted by atomic mass is 15.1. The van der Waals surface area contributed by atoms with Crippen LogP contribution in [-0.2, 0) is 19.5 Å². The molecule has 0 atom stereocenters. The quantitative estimate of drug-likeness (QED) is 0.404. The van der Waals surface area contributed by atoms with Gasteiger partial charge >= 0.3 is 0 Å². The number of unbranched alkanes of at least 4 members (excludes halogenated alkanes) is 2. The molecule has 1 aliphatic carbocycles. The first-order chi connectivity index (χ1) is 13.3. The van der Waals surface area contributed by atoms with Crippen molar-refractivity contribution in [3.8, 4) is 11.1 Å². The highest BCUT2D eigenvalue weighted by molar-refractivity contribution is 5.77. The van der Waals surface area contributed by atoms with Gasteiger partial charge in [0.05, 0.1) is 11.4 Å². The van der Waals surface area contributed by atoms with Crippen molar-refractivity contribution in [2.45, 2.75) is 45.7 Å². The fourth-order valence-electron chi connectivity index (χ4n) is 3.98. The van der Waals surface area contributed by atoms with E-state index in [4.69, 9.17) is 4.98 Å². The van der Waals surface area contributed by atoms with Crippen molar-refractivity contribution in [3.05, 3.63) is 83.4 Å². The summed E-state index contributed by atoms with van der Waals surface area (Å²) in [5, 5.41) is 0. The van der Waals surface area contributed by atoms with E-state index in [-0.39, 0.29) is 0 Å². The fraction of sp³-hybridized carbons (Fsp3) is 0.333. The third kappa shape index (κ3) is 4.09. The van der Waals surface area contributed by atoms with E-state index in [0.717, 1.165) is 31.7 Å². The van der Waals surface area contributed by atoms with Gasteiger partial charge in [-0.05, 0) is 53.4 Å². The van der Waals surface area contributed by atoms with Crippen LogP contribution in [0, 0.1) is 0 Å². The molecule has 3 nitrogen and oxygen atoms in total. The number of aromatic nitrogens is 2. The number of pyridine rings is 2. The second kappa shape index (κ2) is 8.45. The van der Waals surface area contributed by atoms with Gasteiger partial charge in [-0.2, -0.15) is 0 Å². The van der Waals surface area contributed by atoms with Gasteiger partial charge in [-0.3, -0.25) is 14.9 Å². The number of benzene rings is 1. The Bertz CT molecular complexity index is 889. The van der Waals surface area contributed by atoms with Crippen molar-refractivity contribution in [3.63, 3.8) is 0 Å². The van der Waals surface area contributed by atoms with Crippen LogP contribution in [0.2, 0.25) is 0 Å². The van der Waals surface area contributed by atoms with Crippen molar-refractivity contribution < 1.29 is 0 Å². The second-order valence-electron chi connectivity index (χ2n) is 7.36. The molecule has 0 spiro atoms. The molecule has 1 aliphatic rings. The van der Waals surface area contributed by atoms with Crippen molar-refractivity contribution in [2.75, 3.05) is 6.54 Å². The van der Waals surface area contributed by atoms with E-state index >= 15 is 0 Å². The van der Waals surface area contributed by atoms with Crippen LogP contribution < -0.4 is 0 Å². The molecule has 0 radical (unpaired) electrons. The molecule has 27 heavy (non-hydrogen) atoms. The van der Waals surface area contributed by atoms with Crippen LogP contribution >= 0.6 is 0 Å². The van der Waals surface area contributed by atoms with E-state index in [1.807, 2.05) is 18.5 Å². The zero-order valence-corrected chi connectivity index (χ0v) is 16.1. The first-order valence-corrected chi connectivity index (χ1v) is 10.0. The van der Waals surface area contributed by atoms with Gasteiger partial charge in [0.25, 0.3) is 0 Å². The van der Waals surface area contributed by atoms with Gasteiger partial charge in [-0.15, -0.1) is 0 Å². The molecular formula is C24H27N3. The molecule has 0 saturated heterocycles. The molecule has 0 fully saturated rings. The predicted octanol–water partition coefficient (Wildman–Crippen LogP) is 5.24. The topological polar surface area (TPSA) is 29.0 Å². The third-order valence-electron chi connectivity index (χ3n) is 5.38. The Morgan fingerprint density at radius 1 is 0.852 bits per heavy atom. The van der Waals surface area contributed by atoms with Gasteiger partial charge in [-0.1, -0.05) is 50.1 Å². The van der Waals surface area contributed by atoms with Gasteiger partial charge in [0, 0.05) is 31.9 Å². The molecule has 2 heterocycles. The number of hydrogen-bond donors (Lipinski definition) is 0. The standard InChI is InChI=1S/C24H27N3/c1-2-3-8-15-27(17-20-10-6-7-13-25-20)18-24-23-16-19-9-4-5-11-21(19)22(23)12-14-26-24/h4-7,9-14H,2-3,8,15-18H2,1H3. The molecule has 138 valence electrons. The Hall–Kier alpha value is -2.52. The molecule has 3 aromatic rings. The zero-order valence-electron chi connectivity index (χ0n) is 16.1. The fourth-order valence-corrected chi connectivity index (χ4v) is 3.98. The van der Waals surface area contributed by atoms with E-state index in [9.17, 15) is 0 Å². The Morgan fingerprint density at radius 2 is 1.74 bits per heavy atom. The lowest BCUT2D eigenvalue weighted by Crippen LogP contribution is -2.25. The Kier molecular flexibility index (Phi) is 5.59. The summed E-state index contributed by atoms with van der Waals surface area (Å²) in [6.45, 7) is 5.11. The largest absolute Gasteiger partial charge is 0.292 e. The highest BCUT2D eigenvalue weighted by Crippen LogP contribution is 2.37. The van der Waals surface area contributed by atoms with Crippen molar-refractivity contribution in [1.29, 1.82) is 0 Å². The molecule has 0 amide bonds. The first-order valence-electron chi connectivity index (χ1n) is 10.0. The summed E-state index contributed by atoms with van der Waals surface area (Å²) in [4.78, 5) is 11.8. The maximum absolute atomic E-state index is 4.78. The van der Waals surface area contributed by atoms with E-state index in [0.29, 0.717) is 0 Å². The molecular weight excluding hydrogens is 330 g/mol. The van der Waals surface area contributed by atoms with Crippen molar-refractivity contribution in [1.82, 2.24) is 14.9 Å². The van der Waals surface area contributed by atoms with Crippen LogP contribution in [0.15, 0.2) is 60.9 Å². The average Bonchev–Trinajstić information content (AvgIpc) is 3.09. The van der Waals surface area contributed by atoms with Crippen molar-refractivity contribution in [2.24, 2.45) is 0 Å². The van der Waals surface area contributed by atoms with Gasteiger partial charge in [0.15, 0.2) is 0 Å². The smallest absolute Gasteiger partial charge is 0.0585 e. The maximum atomic E-state index is 4.78. The minimum atomic E-state index is 0.878. The van der Waals surface area contributed by atoms with E-state index in [1.165, 1.54) is 47.2 Å². The molecule has 2 aromatic heterocycles. The van der Waals surface area contributed by atoms with Crippen LogP contribution in [0.5, 0.6) is 0 Å². The molecule has 0 N–H and O–H groups in total. The number of rotatable bonds is 8. The number of fused-ring (bicyclic) bond motifs is 3. The molecule has 0 unspecified atom stereocenters. The lowest BCUT2D eigenvalue weighted by Gasteiger charge is -2.23. The minimum absolute atomic E-state index is 0.878. The van der Waals surface area contributed by atoms with E-state index in [1.54, 1.807) is 0 Å². The normalized spacial score (nSPS) is 12.2. The Morgan fingerprint density at radius 3 is 2.59 bits per heavy atom. The molecule has 0 bridgehead atoms. The van der Waals surface area contributed by atoms with Crippen LogP contribution in [0.1, 0.15) is 48.7 Å². The first kappa shape index (κ1) is 17.9. The Balaban J connectivity index is 1.56. The zero-order chi connectivity index (χ0) is 18.5. The SMILES string of the molecule is CCCCCN(Cc1ccccn1)Cc1nccc2c1Cc1ccccc1-2. The molecule has 4 rings (SSSR count). The van der Waals surface area contributed by atoms with Gasteiger partial charge < -0.3 is 0 Å². The molecule has 0 aliphatic heterocycles.